The summed E-state index contributed by atoms with van der Waals surface area (Å²) in [6.07, 6.45) is 1.79. The molecule has 0 atom stereocenters. The Hall–Kier alpha value is -2.71. The first-order chi connectivity index (χ1) is 10.7. The predicted octanol–water partition coefficient (Wildman–Crippen LogP) is 3.64. The average Bonchev–Trinajstić information content (AvgIpc) is 2.91. The standard InChI is InChI=1S/C17H11FN2OS/c18-15-7-3-13(4-8-15)10-20-11-16(22-17(20)21)14-5-1-12(9-19)2-6-14/h1-8,11H,10H2. The Kier molecular flexibility index (Phi) is 3.86. The first-order valence-corrected chi connectivity index (χ1v) is 7.42. The highest BCUT2D eigenvalue weighted by Gasteiger charge is 2.07. The lowest BCUT2D eigenvalue weighted by Crippen LogP contribution is -2.12. The first kappa shape index (κ1) is 14.2. The largest absolute Gasteiger partial charge is 0.307 e. The number of aromatic nitrogens is 1. The highest BCUT2D eigenvalue weighted by Crippen LogP contribution is 2.22. The highest BCUT2D eigenvalue weighted by atomic mass is 32.1. The van der Waals surface area contributed by atoms with Gasteiger partial charge in [0.2, 0.25) is 0 Å². The molecule has 0 N–H and O–H groups in total. The number of hydrogen-bond donors (Lipinski definition) is 0. The summed E-state index contributed by atoms with van der Waals surface area (Å²) in [5.74, 6) is -0.292. The molecule has 1 aromatic heterocycles. The summed E-state index contributed by atoms with van der Waals surface area (Å²) in [4.78, 5) is 12.8. The van der Waals surface area contributed by atoms with Crippen LogP contribution in [0.1, 0.15) is 11.1 Å². The van der Waals surface area contributed by atoms with E-state index >= 15 is 0 Å². The van der Waals surface area contributed by atoms with Crippen LogP contribution in [0.5, 0.6) is 0 Å². The first-order valence-electron chi connectivity index (χ1n) is 6.61. The van der Waals surface area contributed by atoms with Gasteiger partial charge < -0.3 is 4.57 Å². The molecule has 2 aromatic carbocycles. The van der Waals surface area contributed by atoms with Crippen LogP contribution in [-0.2, 0) is 6.54 Å². The molecule has 3 aromatic rings. The van der Waals surface area contributed by atoms with Crippen LogP contribution in [-0.4, -0.2) is 4.57 Å². The van der Waals surface area contributed by atoms with Crippen molar-refractivity contribution >= 4 is 11.3 Å². The van der Waals surface area contributed by atoms with Gasteiger partial charge in [0.15, 0.2) is 0 Å². The second-order valence-corrected chi connectivity index (χ2v) is 5.80. The van der Waals surface area contributed by atoms with E-state index in [2.05, 4.69) is 6.07 Å². The van der Waals surface area contributed by atoms with E-state index in [0.717, 1.165) is 27.3 Å². The van der Waals surface area contributed by atoms with E-state index in [-0.39, 0.29) is 10.7 Å². The van der Waals surface area contributed by atoms with E-state index in [1.54, 1.807) is 35.0 Å². The van der Waals surface area contributed by atoms with Crippen molar-refractivity contribution in [3.63, 3.8) is 0 Å². The van der Waals surface area contributed by atoms with E-state index < -0.39 is 0 Å². The quantitative estimate of drug-likeness (QED) is 0.741. The molecule has 0 aliphatic carbocycles. The van der Waals surface area contributed by atoms with E-state index in [9.17, 15) is 9.18 Å². The van der Waals surface area contributed by atoms with Gasteiger partial charge in [-0.05, 0) is 35.4 Å². The molecule has 0 aliphatic heterocycles. The topological polar surface area (TPSA) is 45.8 Å². The summed E-state index contributed by atoms with van der Waals surface area (Å²) >= 11 is 1.15. The summed E-state index contributed by atoms with van der Waals surface area (Å²) < 4.78 is 14.5. The van der Waals surface area contributed by atoms with E-state index in [0.29, 0.717) is 12.1 Å². The van der Waals surface area contributed by atoms with Crippen LogP contribution < -0.4 is 4.87 Å². The van der Waals surface area contributed by atoms with Gasteiger partial charge in [0.05, 0.1) is 23.1 Å². The van der Waals surface area contributed by atoms with Crippen LogP contribution >= 0.6 is 11.3 Å². The molecule has 108 valence electrons. The van der Waals surface area contributed by atoms with Crippen molar-refractivity contribution in [1.82, 2.24) is 4.57 Å². The molecule has 3 rings (SSSR count). The summed E-state index contributed by atoms with van der Waals surface area (Å²) in [6, 6.07) is 15.3. The van der Waals surface area contributed by atoms with Gasteiger partial charge in [-0.1, -0.05) is 35.6 Å². The number of thiazole rings is 1. The van der Waals surface area contributed by atoms with Crippen molar-refractivity contribution in [2.24, 2.45) is 0 Å². The lowest BCUT2D eigenvalue weighted by Gasteiger charge is -2.01. The van der Waals surface area contributed by atoms with Crippen LogP contribution in [0, 0.1) is 17.1 Å². The lowest BCUT2D eigenvalue weighted by atomic mass is 10.1. The van der Waals surface area contributed by atoms with Crippen molar-refractivity contribution in [2.75, 3.05) is 0 Å². The third-order valence-corrected chi connectivity index (χ3v) is 4.24. The van der Waals surface area contributed by atoms with E-state index in [1.165, 1.54) is 12.1 Å². The molecule has 22 heavy (non-hydrogen) atoms. The monoisotopic (exact) mass is 310 g/mol. The molecule has 0 unspecified atom stereocenters. The minimum Gasteiger partial charge on any atom is -0.301 e. The van der Waals surface area contributed by atoms with Crippen LogP contribution in [0.2, 0.25) is 0 Å². The van der Waals surface area contributed by atoms with Crippen molar-refractivity contribution < 1.29 is 4.39 Å². The molecule has 0 aliphatic rings. The smallest absolute Gasteiger partial charge is 0.301 e. The lowest BCUT2D eigenvalue weighted by molar-refractivity contribution is 0.626. The maximum atomic E-state index is 12.9. The van der Waals surface area contributed by atoms with Gasteiger partial charge in [0.1, 0.15) is 5.82 Å². The zero-order valence-corrected chi connectivity index (χ0v) is 12.3. The predicted molar refractivity (Wildman–Crippen MR) is 84.2 cm³/mol. The van der Waals surface area contributed by atoms with Crippen molar-refractivity contribution in [3.8, 4) is 16.5 Å². The van der Waals surface area contributed by atoms with Crippen LogP contribution in [0.3, 0.4) is 0 Å². The van der Waals surface area contributed by atoms with Gasteiger partial charge >= 0.3 is 4.87 Å². The second kappa shape index (κ2) is 5.96. The van der Waals surface area contributed by atoms with Crippen molar-refractivity contribution in [2.45, 2.75) is 6.54 Å². The number of halogens is 1. The van der Waals surface area contributed by atoms with Gasteiger partial charge in [-0.25, -0.2) is 4.39 Å². The van der Waals surface area contributed by atoms with Crippen LogP contribution in [0.25, 0.3) is 10.4 Å². The third-order valence-electron chi connectivity index (χ3n) is 3.27. The van der Waals surface area contributed by atoms with E-state index in [1.807, 2.05) is 12.1 Å². The van der Waals surface area contributed by atoms with Gasteiger partial charge in [-0.3, -0.25) is 4.79 Å². The summed E-state index contributed by atoms with van der Waals surface area (Å²) in [6.45, 7) is 0.409. The van der Waals surface area contributed by atoms with Gasteiger partial charge in [0, 0.05) is 6.20 Å². The number of nitriles is 1. The zero-order chi connectivity index (χ0) is 15.5. The Balaban J connectivity index is 1.88. The number of rotatable bonds is 3. The number of nitrogens with zero attached hydrogens (tertiary/aromatic N) is 2. The fourth-order valence-electron chi connectivity index (χ4n) is 2.11. The number of hydrogen-bond acceptors (Lipinski definition) is 3. The Morgan fingerprint density at radius 2 is 1.77 bits per heavy atom. The number of benzene rings is 2. The molecule has 3 nitrogen and oxygen atoms in total. The molecule has 0 spiro atoms. The molecule has 5 heteroatoms. The Morgan fingerprint density at radius 3 is 2.41 bits per heavy atom. The molecule has 0 fully saturated rings. The normalized spacial score (nSPS) is 10.4. The maximum absolute atomic E-state index is 12.9. The molecule has 0 saturated heterocycles. The van der Waals surface area contributed by atoms with Crippen LogP contribution in [0.4, 0.5) is 4.39 Å². The SMILES string of the molecule is N#Cc1ccc(-c2cn(Cc3ccc(F)cc3)c(=O)s2)cc1. The Labute approximate surface area is 130 Å². The van der Waals surface area contributed by atoms with Crippen molar-refractivity contribution in [3.05, 3.63) is 81.3 Å². The Morgan fingerprint density at radius 1 is 1.09 bits per heavy atom. The molecule has 0 saturated carbocycles. The fraction of sp³-hybridized carbons (Fsp3) is 0.0588. The highest BCUT2D eigenvalue weighted by molar-refractivity contribution is 7.12. The molecule has 1 heterocycles. The molecule has 0 radical (unpaired) electrons. The maximum Gasteiger partial charge on any atom is 0.307 e. The third kappa shape index (κ3) is 2.97. The van der Waals surface area contributed by atoms with Gasteiger partial charge in [-0.2, -0.15) is 5.26 Å². The summed E-state index contributed by atoms with van der Waals surface area (Å²) in [7, 11) is 0. The summed E-state index contributed by atoms with van der Waals surface area (Å²) in [5.41, 5.74) is 2.36. The second-order valence-electron chi connectivity index (χ2n) is 4.80. The zero-order valence-electron chi connectivity index (χ0n) is 11.5. The van der Waals surface area contributed by atoms with Gasteiger partial charge in [-0.15, -0.1) is 0 Å². The molecule has 0 bridgehead atoms. The minimum absolute atomic E-state index is 0.0660. The minimum atomic E-state index is -0.292. The van der Waals surface area contributed by atoms with Crippen molar-refractivity contribution in [1.29, 1.82) is 5.26 Å². The average molecular weight is 310 g/mol. The fourth-order valence-corrected chi connectivity index (χ4v) is 2.97. The molecular weight excluding hydrogens is 299 g/mol. The summed E-state index contributed by atoms with van der Waals surface area (Å²) in [5, 5.41) is 8.80. The van der Waals surface area contributed by atoms with Crippen LogP contribution in [0.15, 0.2) is 59.5 Å². The Bertz CT molecular complexity index is 886. The van der Waals surface area contributed by atoms with Gasteiger partial charge in [0.25, 0.3) is 0 Å². The molecule has 0 amide bonds. The van der Waals surface area contributed by atoms with E-state index in [4.69, 9.17) is 5.26 Å². The molecular formula is C17H11FN2OS.